The Kier molecular flexibility index (Phi) is 6.18. The zero-order valence-electron chi connectivity index (χ0n) is 9.67. The molecule has 0 saturated heterocycles. The van der Waals surface area contributed by atoms with Crippen molar-refractivity contribution in [3.05, 3.63) is 0 Å². The molecule has 0 unspecified atom stereocenters. The fourth-order valence-corrected chi connectivity index (χ4v) is 1.99. The Bertz CT molecular complexity index is 337. The number of hydrogen-bond acceptors (Lipinski definition) is 3. The van der Waals surface area contributed by atoms with E-state index in [0.717, 1.165) is 0 Å². The molecule has 3 nitrogen and oxygen atoms in total. The second-order valence-corrected chi connectivity index (χ2v) is 4.91. The third-order valence-electron chi connectivity index (χ3n) is 1.51. The predicted molar refractivity (Wildman–Crippen MR) is 43.0 cm³/mol. The normalized spacial score (nSPS) is 15.3. The number of rotatable bonds is 7. The Hall–Kier alpha value is -0.743. The molecule has 0 aromatic carbocycles. The van der Waals surface area contributed by atoms with Crippen molar-refractivity contribution >= 4 is 9.14 Å². The lowest BCUT2D eigenvalue weighted by Crippen LogP contribution is -2.57. The quantitative estimate of drug-likeness (QED) is 0.383. The molecule has 0 heterocycles. The van der Waals surface area contributed by atoms with Gasteiger partial charge in [0.15, 0.2) is 0 Å². The van der Waals surface area contributed by atoms with E-state index in [9.17, 15) is 52.4 Å². The number of halogens is 12. The average molecular weight is 380 g/mol. The fourth-order valence-electron chi connectivity index (χ4n) is 0.662. The van der Waals surface area contributed by atoms with Gasteiger partial charge in [-0.3, -0.25) is 8.85 Å². The molecule has 0 spiro atoms. The van der Waals surface area contributed by atoms with Crippen LogP contribution in [0.5, 0.6) is 0 Å². The first-order chi connectivity index (χ1) is 9.47. The molecular weight excluding hydrogens is 376 g/mol. The molecule has 0 atom stereocenters. The lowest BCUT2D eigenvalue weighted by molar-refractivity contribution is -0.404. The number of hydrogen-bond donors (Lipinski definition) is 0. The molecule has 0 rings (SSSR count). The Morgan fingerprint density at radius 1 is 0.682 bits per heavy atom. The van der Waals surface area contributed by atoms with Crippen molar-refractivity contribution in [2.45, 2.75) is 24.6 Å². The monoisotopic (exact) mass is 380 g/mol. The summed E-state index contributed by atoms with van der Waals surface area (Å²) in [5, 5.41) is 0. The van der Waals surface area contributed by atoms with Gasteiger partial charge in [0.1, 0.15) is 6.67 Å². The topological polar surface area (TPSA) is 27.7 Å². The molecule has 134 valence electrons. The van der Waals surface area contributed by atoms with Gasteiger partial charge in [-0.25, -0.2) is 8.50 Å². The van der Waals surface area contributed by atoms with Gasteiger partial charge in [0.05, 0.1) is 6.61 Å². The summed E-state index contributed by atoms with van der Waals surface area (Å²) in [5.41, 5.74) is 0. The predicted octanol–water partition coefficient (Wildman–Crippen LogP) is 3.72. The highest BCUT2D eigenvalue weighted by Gasteiger charge is 2.72. The Labute approximate surface area is 114 Å². The van der Waals surface area contributed by atoms with E-state index in [1.165, 1.54) is 0 Å². The van der Waals surface area contributed by atoms with Crippen molar-refractivity contribution in [3.63, 3.8) is 0 Å². The van der Waals surface area contributed by atoms with E-state index in [2.05, 4.69) is 13.3 Å². The maximum atomic E-state index is 13.4. The molecule has 0 aliphatic heterocycles. The zero-order valence-corrected chi connectivity index (χ0v) is 10.7. The SMILES string of the molecule is FCCO[Si](F)(OC(F)(F)C(F)(F)F)OC(F)(F)C(F)(F)F. The molecule has 0 radical (unpaired) electrons. The number of alkyl halides is 11. The standard InChI is InChI=1S/C6H4F12O3Si/c7-1-2-19-22(18,20-5(14,15)3(8,9)10)21-6(16,17)4(11,12)13/h1-2H2. The Morgan fingerprint density at radius 2 is 1.00 bits per heavy atom. The van der Waals surface area contributed by atoms with Crippen LogP contribution >= 0.6 is 0 Å². The van der Waals surface area contributed by atoms with Gasteiger partial charge in [-0.1, -0.05) is 0 Å². The van der Waals surface area contributed by atoms with Crippen LogP contribution in [0.15, 0.2) is 0 Å². The van der Waals surface area contributed by atoms with Crippen molar-refractivity contribution in [2.24, 2.45) is 0 Å². The molecule has 0 saturated carbocycles. The highest BCUT2D eigenvalue weighted by molar-refractivity contribution is 6.52. The van der Waals surface area contributed by atoms with Crippen molar-refractivity contribution in [3.8, 4) is 0 Å². The zero-order chi connectivity index (χ0) is 18.0. The summed E-state index contributed by atoms with van der Waals surface area (Å²) < 4.78 is 153. The van der Waals surface area contributed by atoms with E-state index in [1.54, 1.807) is 0 Å². The van der Waals surface area contributed by atoms with Gasteiger partial charge in [0.2, 0.25) is 0 Å². The largest absolute Gasteiger partial charge is 0.729 e. The molecule has 0 amide bonds. The van der Waals surface area contributed by atoms with E-state index in [0.29, 0.717) is 0 Å². The fraction of sp³-hybridized carbons (Fsp3) is 1.00. The molecule has 0 aromatic heterocycles. The minimum absolute atomic E-state index is 1.77. The second-order valence-electron chi connectivity index (χ2n) is 3.25. The first kappa shape index (κ1) is 21.3. The van der Waals surface area contributed by atoms with Crippen LogP contribution in [-0.2, 0) is 13.3 Å². The van der Waals surface area contributed by atoms with Crippen LogP contribution in [0.3, 0.4) is 0 Å². The van der Waals surface area contributed by atoms with Gasteiger partial charge in [-0.15, -0.1) is 0 Å². The van der Waals surface area contributed by atoms with E-state index >= 15 is 0 Å². The van der Waals surface area contributed by atoms with Gasteiger partial charge in [0, 0.05) is 0 Å². The summed E-state index contributed by atoms with van der Waals surface area (Å²) in [6, 6.07) is 0. The van der Waals surface area contributed by atoms with E-state index in [4.69, 9.17) is 0 Å². The molecule has 0 aromatic rings. The molecule has 0 fully saturated rings. The maximum absolute atomic E-state index is 13.4. The summed E-state index contributed by atoms with van der Waals surface area (Å²) in [4.78, 5) is 0. The molecule has 0 N–H and O–H groups in total. The van der Waals surface area contributed by atoms with E-state index in [1.807, 2.05) is 0 Å². The second kappa shape index (κ2) is 6.40. The minimum Gasteiger partial charge on any atom is -0.345 e. The third-order valence-corrected chi connectivity index (χ3v) is 3.06. The van der Waals surface area contributed by atoms with Crippen LogP contribution in [0.1, 0.15) is 0 Å². The van der Waals surface area contributed by atoms with Crippen LogP contribution in [0.2, 0.25) is 0 Å². The third kappa shape index (κ3) is 5.47. The van der Waals surface area contributed by atoms with Crippen molar-refractivity contribution in [1.29, 1.82) is 0 Å². The summed E-state index contributed by atoms with van der Waals surface area (Å²) >= 11 is 0. The molecule has 0 aliphatic carbocycles. The van der Waals surface area contributed by atoms with E-state index < -0.39 is 47.0 Å². The average Bonchev–Trinajstić information content (AvgIpc) is 2.21. The minimum atomic E-state index is -7.44. The summed E-state index contributed by atoms with van der Waals surface area (Å²) in [6.07, 6.45) is -26.4. The highest BCUT2D eigenvalue weighted by atomic mass is 28.4. The lowest BCUT2D eigenvalue weighted by atomic mass is 10.6. The van der Waals surface area contributed by atoms with Gasteiger partial charge < -0.3 is 4.43 Å². The molecule has 0 bridgehead atoms. The Morgan fingerprint density at radius 3 is 1.23 bits per heavy atom. The van der Waals surface area contributed by atoms with Crippen LogP contribution in [0.4, 0.5) is 52.4 Å². The molecule has 22 heavy (non-hydrogen) atoms. The van der Waals surface area contributed by atoms with Crippen molar-refractivity contribution in [2.75, 3.05) is 13.3 Å². The van der Waals surface area contributed by atoms with Gasteiger partial charge in [0.25, 0.3) is 0 Å². The van der Waals surface area contributed by atoms with E-state index in [-0.39, 0.29) is 0 Å². The van der Waals surface area contributed by atoms with Crippen LogP contribution < -0.4 is 0 Å². The molecule has 16 heteroatoms. The first-order valence-corrected chi connectivity index (χ1v) is 6.26. The molecular formula is C6H4F12O3Si. The summed E-state index contributed by atoms with van der Waals surface area (Å²) in [6.45, 7) is -3.61. The lowest BCUT2D eigenvalue weighted by Gasteiger charge is -2.30. The summed E-state index contributed by atoms with van der Waals surface area (Å²) in [7, 11) is -7.44. The summed E-state index contributed by atoms with van der Waals surface area (Å²) in [5.74, 6) is 0. The van der Waals surface area contributed by atoms with Crippen LogP contribution in [0.25, 0.3) is 0 Å². The van der Waals surface area contributed by atoms with Gasteiger partial charge in [-0.2, -0.15) is 43.9 Å². The highest BCUT2D eigenvalue weighted by Crippen LogP contribution is 2.43. The van der Waals surface area contributed by atoms with Crippen molar-refractivity contribution < 1.29 is 65.7 Å². The van der Waals surface area contributed by atoms with Crippen LogP contribution in [-0.4, -0.2) is 47.0 Å². The van der Waals surface area contributed by atoms with Gasteiger partial charge >= 0.3 is 33.7 Å². The molecule has 0 aliphatic rings. The first-order valence-electron chi connectivity index (χ1n) is 4.66. The van der Waals surface area contributed by atoms with Gasteiger partial charge in [-0.05, 0) is 0 Å². The van der Waals surface area contributed by atoms with Crippen LogP contribution in [0, 0.1) is 0 Å². The van der Waals surface area contributed by atoms with Crippen molar-refractivity contribution in [1.82, 2.24) is 0 Å². The Balaban J connectivity index is 5.42. The smallest absolute Gasteiger partial charge is 0.345 e. The maximum Gasteiger partial charge on any atom is 0.729 e.